The molecule has 0 saturated heterocycles. The van der Waals surface area contributed by atoms with Crippen LogP contribution in [-0.4, -0.2) is 44.0 Å². The molecule has 0 amide bonds. The summed E-state index contributed by atoms with van der Waals surface area (Å²) in [5.74, 6) is 7.33. The molecule has 0 radical (unpaired) electrons. The van der Waals surface area contributed by atoms with E-state index in [1.54, 1.807) is 14.2 Å². The molecule has 2 aromatic rings. The summed E-state index contributed by atoms with van der Waals surface area (Å²) in [5.41, 5.74) is 13.5. The van der Waals surface area contributed by atoms with E-state index in [2.05, 4.69) is 120 Å². The van der Waals surface area contributed by atoms with Crippen LogP contribution in [0.25, 0.3) is 0 Å². The van der Waals surface area contributed by atoms with Crippen LogP contribution in [0.5, 0.6) is 0 Å². The predicted molar refractivity (Wildman–Crippen MR) is 230 cm³/mol. The van der Waals surface area contributed by atoms with Crippen LogP contribution in [-0.2, 0) is 18.9 Å². The third-order valence-electron chi connectivity index (χ3n) is 10.8. The van der Waals surface area contributed by atoms with E-state index in [4.69, 9.17) is 42.1 Å². The molecule has 4 atom stereocenters. The molecule has 0 N–H and O–H groups in total. The van der Waals surface area contributed by atoms with Crippen LogP contribution in [0.1, 0.15) is 120 Å². The second-order valence-corrected chi connectivity index (χ2v) is 28.0. The van der Waals surface area contributed by atoms with Gasteiger partial charge in [0.25, 0.3) is 0 Å². The number of methoxy groups -OCH3 is 2. The third kappa shape index (κ3) is 13.3. The lowest BCUT2D eigenvalue weighted by molar-refractivity contribution is -0.0838. The van der Waals surface area contributed by atoms with Crippen molar-refractivity contribution in [3.63, 3.8) is 0 Å². The Morgan fingerprint density at radius 3 is 0.923 bits per heavy atom. The summed E-state index contributed by atoms with van der Waals surface area (Å²) < 4.78 is 22.2. The maximum Gasteiger partial charge on any atom is 0.147 e. The van der Waals surface area contributed by atoms with E-state index in [1.807, 2.05) is 48.5 Å². The lowest BCUT2D eigenvalue weighted by atomic mass is 9.98. The zero-order valence-electron chi connectivity index (χ0n) is 35.2. The fraction of sp³-hybridized carbons (Fsp3) is 0.636. The summed E-state index contributed by atoms with van der Waals surface area (Å²) in [6.07, 6.45) is -0.254. The molecule has 0 aliphatic carbocycles. The summed E-state index contributed by atoms with van der Waals surface area (Å²) in [4.78, 5) is 0. The van der Waals surface area contributed by atoms with Gasteiger partial charge in [-0.15, -0.1) is 22.9 Å². The van der Waals surface area contributed by atoms with Crippen molar-refractivity contribution in [2.75, 3.05) is 27.8 Å². The minimum Gasteiger partial charge on any atom is -0.359 e. The van der Waals surface area contributed by atoms with Crippen molar-refractivity contribution in [2.24, 2.45) is 11.8 Å². The minimum absolute atomic E-state index is 0.0782. The van der Waals surface area contributed by atoms with Gasteiger partial charge in [0, 0.05) is 36.1 Å². The Balaban J connectivity index is 0.000000520. The molecule has 0 aliphatic heterocycles. The van der Waals surface area contributed by atoms with E-state index >= 15 is 0 Å². The van der Waals surface area contributed by atoms with Gasteiger partial charge in [-0.2, -0.15) is 0 Å². The van der Waals surface area contributed by atoms with Crippen molar-refractivity contribution < 1.29 is 18.9 Å². The standard InChI is InChI=1S/2C22H35ClO2Si/c2*1-16(2)26(17(3)4,18(5)6)14-13-19(7)22(25-15-24-8)20-9-11-21(23)12-10-20/h2*9-12,16-19,22H,15H2,1-8H3/t2*19-,22+/m10/s1. The molecule has 0 heterocycles. The van der Waals surface area contributed by atoms with Crippen LogP contribution in [0.4, 0.5) is 0 Å². The summed E-state index contributed by atoms with van der Waals surface area (Å²) in [5, 5.41) is 1.45. The molecular formula is C44H70Cl2O4Si2. The largest absolute Gasteiger partial charge is 0.359 e. The van der Waals surface area contributed by atoms with Crippen molar-refractivity contribution in [3.05, 3.63) is 69.7 Å². The first-order valence-corrected chi connectivity index (χ1v) is 24.3. The van der Waals surface area contributed by atoms with Crippen LogP contribution in [0, 0.1) is 34.8 Å². The Morgan fingerprint density at radius 2 is 0.712 bits per heavy atom. The SMILES string of the molecule is COCO[C@@H](c1ccc(Cl)cc1)[C@@H](C)C#C[Si](C(C)C)(C(C)C)C(C)C.COCO[C@H](c1ccc(Cl)cc1)[C@H](C)C#C[Si](C(C)C)(C(C)C)C(C)C. The first-order chi connectivity index (χ1) is 24.3. The van der Waals surface area contributed by atoms with Crippen molar-refractivity contribution >= 4 is 39.3 Å². The normalized spacial score (nSPS) is 14.5. The van der Waals surface area contributed by atoms with Gasteiger partial charge >= 0.3 is 0 Å². The Labute approximate surface area is 331 Å². The highest BCUT2D eigenvalue weighted by molar-refractivity contribution is 6.91. The fourth-order valence-corrected chi connectivity index (χ4v) is 19.1. The molecule has 8 heteroatoms. The molecule has 52 heavy (non-hydrogen) atoms. The summed E-state index contributed by atoms with van der Waals surface area (Å²) in [6, 6.07) is 15.6. The van der Waals surface area contributed by atoms with Gasteiger partial charge in [0.15, 0.2) is 0 Å². The average molecular weight is 790 g/mol. The molecule has 0 fully saturated rings. The average Bonchev–Trinajstić information content (AvgIpc) is 3.06. The van der Waals surface area contributed by atoms with Gasteiger partial charge in [-0.25, -0.2) is 0 Å². The first-order valence-electron chi connectivity index (χ1n) is 19.1. The number of rotatable bonds is 16. The van der Waals surface area contributed by atoms with E-state index in [1.165, 1.54) is 0 Å². The quantitative estimate of drug-likeness (QED) is 0.0964. The van der Waals surface area contributed by atoms with Gasteiger partial charge in [-0.3, -0.25) is 0 Å². The lowest BCUT2D eigenvalue weighted by Crippen LogP contribution is -2.43. The maximum atomic E-state index is 6.04. The summed E-state index contributed by atoms with van der Waals surface area (Å²) in [6.45, 7) is 32.8. The van der Waals surface area contributed by atoms with E-state index in [0.717, 1.165) is 21.2 Å². The van der Waals surface area contributed by atoms with Gasteiger partial charge in [0.1, 0.15) is 29.7 Å². The fourth-order valence-electron chi connectivity index (χ4n) is 8.14. The zero-order chi connectivity index (χ0) is 39.8. The number of benzene rings is 2. The number of hydrogen-bond donors (Lipinski definition) is 0. The molecule has 4 nitrogen and oxygen atoms in total. The second-order valence-electron chi connectivity index (χ2n) is 16.0. The predicted octanol–water partition coefficient (Wildman–Crippen LogP) is 13.7. The van der Waals surface area contributed by atoms with Crippen LogP contribution in [0.2, 0.25) is 43.3 Å². The molecule has 0 bridgehead atoms. The zero-order valence-corrected chi connectivity index (χ0v) is 38.7. The van der Waals surface area contributed by atoms with Crippen LogP contribution in [0.15, 0.2) is 48.5 Å². The highest BCUT2D eigenvalue weighted by Crippen LogP contribution is 2.42. The highest BCUT2D eigenvalue weighted by Gasteiger charge is 2.43. The Bertz CT molecular complexity index is 1260. The van der Waals surface area contributed by atoms with E-state index in [0.29, 0.717) is 33.2 Å². The van der Waals surface area contributed by atoms with Crippen molar-refractivity contribution in [3.8, 4) is 22.9 Å². The first kappa shape index (κ1) is 48.4. The van der Waals surface area contributed by atoms with Crippen LogP contribution in [0.3, 0.4) is 0 Å². The third-order valence-corrected chi connectivity index (χ3v) is 23.9. The van der Waals surface area contributed by atoms with Gasteiger partial charge in [-0.1, -0.05) is 131 Å². The molecular weight excluding hydrogens is 720 g/mol. The maximum absolute atomic E-state index is 6.04. The molecule has 0 aromatic heterocycles. The number of halogens is 2. The van der Waals surface area contributed by atoms with E-state index in [-0.39, 0.29) is 37.6 Å². The second kappa shape index (κ2) is 23.4. The summed E-state index contributed by atoms with van der Waals surface area (Å²) >= 11 is 12.1. The van der Waals surface area contributed by atoms with Crippen molar-refractivity contribution in [2.45, 2.75) is 142 Å². The number of hydrogen-bond acceptors (Lipinski definition) is 4. The molecule has 0 saturated carbocycles. The van der Waals surface area contributed by atoms with Gasteiger partial charge < -0.3 is 18.9 Å². The highest BCUT2D eigenvalue weighted by atomic mass is 35.5. The molecule has 2 aromatic carbocycles. The Hall–Kier alpha value is -1.59. The van der Waals surface area contributed by atoms with Gasteiger partial charge in [0.2, 0.25) is 0 Å². The summed E-state index contributed by atoms with van der Waals surface area (Å²) in [7, 11) is -0.208. The molecule has 292 valence electrons. The van der Waals surface area contributed by atoms with Crippen molar-refractivity contribution in [1.29, 1.82) is 0 Å². The lowest BCUT2D eigenvalue weighted by Gasteiger charge is -2.38. The molecule has 0 aliphatic rings. The van der Waals surface area contributed by atoms with Gasteiger partial charge in [-0.05, 0) is 82.5 Å². The van der Waals surface area contributed by atoms with Crippen molar-refractivity contribution in [1.82, 2.24) is 0 Å². The Morgan fingerprint density at radius 1 is 0.462 bits per heavy atom. The van der Waals surface area contributed by atoms with E-state index < -0.39 is 16.1 Å². The topological polar surface area (TPSA) is 36.9 Å². The molecule has 2 rings (SSSR count). The van der Waals surface area contributed by atoms with Crippen LogP contribution < -0.4 is 0 Å². The molecule has 0 spiro atoms. The van der Waals surface area contributed by atoms with Gasteiger partial charge in [0.05, 0.1) is 12.2 Å². The van der Waals surface area contributed by atoms with Crippen LogP contribution >= 0.6 is 23.2 Å². The smallest absolute Gasteiger partial charge is 0.147 e. The minimum atomic E-state index is -1.75. The monoisotopic (exact) mass is 788 g/mol. The Kier molecular flexibility index (Phi) is 21.8. The van der Waals surface area contributed by atoms with E-state index in [9.17, 15) is 0 Å². The molecule has 0 unspecified atom stereocenters. The number of ether oxygens (including phenoxy) is 4.